The minimum absolute atomic E-state index is 0.327. The summed E-state index contributed by atoms with van der Waals surface area (Å²) in [5, 5.41) is 21.3. The van der Waals surface area contributed by atoms with Crippen LogP contribution in [-0.4, -0.2) is 47.5 Å². The largest absolute Gasteiger partial charge is 0.497 e. The number of hydrogen-bond donors (Lipinski definition) is 2. The van der Waals surface area contributed by atoms with Crippen molar-refractivity contribution in [2.24, 2.45) is 0 Å². The number of aliphatic hydroxyl groups excluding tert-OH is 2. The van der Waals surface area contributed by atoms with Crippen LogP contribution < -0.4 is 9.47 Å². The summed E-state index contributed by atoms with van der Waals surface area (Å²) < 4.78 is 11.6. The van der Waals surface area contributed by atoms with Crippen LogP contribution >= 0.6 is 0 Å². The van der Waals surface area contributed by atoms with Crippen molar-refractivity contribution >= 4 is 0 Å². The lowest BCUT2D eigenvalue weighted by Gasteiger charge is -2.46. The number of nitrogens with zero attached hydrogens (tertiary/aromatic N) is 1. The van der Waals surface area contributed by atoms with E-state index in [1.54, 1.807) is 7.11 Å². The predicted molar refractivity (Wildman–Crippen MR) is 108 cm³/mol. The zero-order valence-electron chi connectivity index (χ0n) is 16.6. The first-order valence-corrected chi connectivity index (χ1v) is 10.00. The number of fused-ring (bicyclic) bond motifs is 1. The molecule has 2 atom stereocenters. The van der Waals surface area contributed by atoms with Crippen molar-refractivity contribution in [3.05, 3.63) is 59.2 Å². The van der Waals surface area contributed by atoms with Crippen LogP contribution in [0.4, 0.5) is 0 Å². The fourth-order valence-corrected chi connectivity index (χ4v) is 4.33. The molecule has 150 valence electrons. The maximum Gasteiger partial charge on any atom is 0.126 e. The van der Waals surface area contributed by atoms with E-state index in [-0.39, 0.29) is 5.60 Å². The molecule has 1 saturated heterocycles. The van der Waals surface area contributed by atoms with Gasteiger partial charge in [-0.15, -0.1) is 0 Å². The van der Waals surface area contributed by atoms with Crippen LogP contribution in [0.25, 0.3) is 0 Å². The molecule has 2 heterocycles. The van der Waals surface area contributed by atoms with Crippen LogP contribution in [0.15, 0.2) is 42.5 Å². The first kappa shape index (κ1) is 19.2. The van der Waals surface area contributed by atoms with Crippen molar-refractivity contribution in [2.75, 3.05) is 26.7 Å². The van der Waals surface area contributed by atoms with E-state index in [2.05, 4.69) is 4.90 Å². The number of hydrogen-bond acceptors (Lipinski definition) is 5. The Hall–Kier alpha value is -2.08. The number of ether oxygens (including phenoxy) is 2. The second kappa shape index (κ2) is 7.74. The molecule has 4 rings (SSSR count). The standard InChI is InChI=1S/C23H29NO4/c1-16-3-5-17(6-4-16)21(26)15-24-11-9-23(10-12-24)14-20(25)19-13-18(27-2)7-8-22(19)28-23/h3-8,13,20-21,25-26H,9-12,14-15H2,1-2H3/t20-,21-/m0/s1. The molecular formula is C23H29NO4. The Bertz CT molecular complexity index is 812. The number of likely N-dealkylation sites (tertiary alicyclic amines) is 1. The van der Waals surface area contributed by atoms with Crippen molar-refractivity contribution in [2.45, 2.75) is 44.0 Å². The highest BCUT2D eigenvalue weighted by atomic mass is 16.5. The Morgan fingerprint density at radius 2 is 1.89 bits per heavy atom. The minimum atomic E-state index is -0.538. The second-order valence-electron chi connectivity index (χ2n) is 8.14. The summed E-state index contributed by atoms with van der Waals surface area (Å²) in [5.41, 5.74) is 2.63. The molecule has 0 amide bonds. The topological polar surface area (TPSA) is 62.2 Å². The molecule has 28 heavy (non-hydrogen) atoms. The Morgan fingerprint density at radius 3 is 2.57 bits per heavy atom. The van der Waals surface area contributed by atoms with Gasteiger partial charge in [0.15, 0.2) is 0 Å². The van der Waals surface area contributed by atoms with E-state index in [1.807, 2.05) is 49.4 Å². The van der Waals surface area contributed by atoms with E-state index >= 15 is 0 Å². The Morgan fingerprint density at radius 1 is 1.18 bits per heavy atom. The van der Waals surface area contributed by atoms with E-state index in [0.29, 0.717) is 13.0 Å². The summed E-state index contributed by atoms with van der Waals surface area (Å²) in [4.78, 5) is 2.29. The van der Waals surface area contributed by atoms with Gasteiger partial charge in [-0.05, 0) is 43.5 Å². The zero-order chi connectivity index (χ0) is 19.7. The van der Waals surface area contributed by atoms with Gasteiger partial charge in [0.1, 0.15) is 17.1 Å². The fraction of sp³-hybridized carbons (Fsp3) is 0.478. The van der Waals surface area contributed by atoms with Crippen molar-refractivity contribution in [3.8, 4) is 11.5 Å². The van der Waals surface area contributed by atoms with Gasteiger partial charge < -0.3 is 24.6 Å². The monoisotopic (exact) mass is 383 g/mol. The van der Waals surface area contributed by atoms with Gasteiger partial charge >= 0.3 is 0 Å². The number of β-amino-alcohol motifs (C(OH)–C–C–N with tert-alkyl or cyclic N) is 1. The van der Waals surface area contributed by atoms with Crippen LogP contribution in [0.2, 0.25) is 0 Å². The van der Waals surface area contributed by atoms with Crippen LogP contribution in [0.3, 0.4) is 0 Å². The lowest BCUT2D eigenvalue weighted by atomic mass is 9.81. The molecule has 0 unspecified atom stereocenters. The quantitative estimate of drug-likeness (QED) is 0.847. The highest BCUT2D eigenvalue weighted by Gasteiger charge is 2.43. The number of aryl methyl sites for hydroxylation is 1. The molecule has 0 radical (unpaired) electrons. The summed E-state index contributed by atoms with van der Waals surface area (Å²) in [7, 11) is 1.63. The van der Waals surface area contributed by atoms with Gasteiger partial charge in [0.25, 0.3) is 0 Å². The van der Waals surface area contributed by atoms with Crippen LogP contribution in [-0.2, 0) is 0 Å². The second-order valence-corrected chi connectivity index (χ2v) is 8.14. The van der Waals surface area contributed by atoms with Crippen molar-refractivity contribution < 1.29 is 19.7 Å². The number of piperidine rings is 1. The summed E-state index contributed by atoms with van der Waals surface area (Å²) in [6, 6.07) is 13.7. The normalized spacial score (nSPS) is 22.4. The maximum atomic E-state index is 10.7. The fourth-order valence-electron chi connectivity index (χ4n) is 4.33. The third-order valence-electron chi connectivity index (χ3n) is 6.13. The molecular weight excluding hydrogens is 354 g/mol. The number of aliphatic hydroxyl groups is 2. The smallest absolute Gasteiger partial charge is 0.126 e. The van der Waals surface area contributed by atoms with Crippen molar-refractivity contribution in [1.82, 2.24) is 4.90 Å². The molecule has 0 aromatic heterocycles. The Kier molecular flexibility index (Phi) is 5.32. The predicted octanol–water partition coefficient (Wildman–Crippen LogP) is 3.39. The van der Waals surface area contributed by atoms with Crippen LogP contribution in [0, 0.1) is 6.92 Å². The van der Waals surface area contributed by atoms with Gasteiger partial charge in [-0.25, -0.2) is 0 Å². The van der Waals surface area contributed by atoms with Gasteiger partial charge in [0.2, 0.25) is 0 Å². The summed E-state index contributed by atoms with van der Waals surface area (Å²) in [6.07, 6.45) is 1.26. The average Bonchev–Trinajstić information content (AvgIpc) is 2.70. The van der Waals surface area contributed by atoms with E-state index in [4.69, 9.17) is 9.47 Å². The third kappa shape index (κ3) is 3.88. The Balaban J connectivity index is 1.39. The van der Waals surface area contributed by atoms with E-state index in [0.717, 1.165) is 48.6 Å². The number of benzene rings is 2. The van der Waals surface area contributed by atoms with Crippen LogP contribution in [0.5, 0.6) is 11.5 Å². The molecule has 5 heteroatoms. The van der Waals surface area contributed by atoms with E-state index in [9.17, 15) is 10.2 Å². The third-order valence-corrected chi connectivity index (χ3v) is 6.13. The SMILES string of the molecule is COc1ccc2c(c1)[C@@H](O)CC1(CCN(C[C@H](O)c3ccc(C)cc3)CC1)O2. The molecule has 2 aliphatic rings. The average molecular weight is 383 g/mol. The van der Waals surface area contributed by atoms with E-state index < -0.39 is 12.2 Å². The molecule has 2 aromatic rings. The minimum Gasteiger partial charge on any atom is -0.497 e. The number of rotatable bonds is 4. The lowest BCUT2D eigenvalue weighted by molar-refractivity contribution is -0.0588. The van der Waals surface area contributed by atoms with Crippen molar-refractivity contribution in [3.63, 3.8) is 0 Å². The van der Waals surface area contributed by atoms with Crippen LogP contribution in [0.1, 0.15) is 48.2 Å². The summed E-state index contributed by atoms with van der Waals surface area (Å²) in [6.45, 7) is 4.37. The molecule has 0 aliphatic carbocycles. The van der Waals surface area contributed by atoms with Gasteiger partial charge in [0, 0.05) is 31.6 Å². The molecule has 2 N–H and O–H groups in total. The van der Waals surface area contributed by atoms with Crippen molar-refractivity contribution in [1.29, 1.82) is 0 Å². The molecule has 2 aromatic carbocycles. The zero-order valence-corrected chi connectivity index (χ0v) is 16.6. The first-order chi connectivity index (χ1) is 13.5. The van der Waals surface area contributed by atoms with Gasteiger partial charge in [-0.1, -0.05) is 29.8 Å². The summed E-state index contributed by atoms with van der Waals surface area (Å²) >= 11 is 0. The highest BCUT2D eigenvalue weighted by Crippen LogP contribution is 2.45. The molecule has 2 aliphatic heterocycles. The number of methoxy groups -OCH3 is 1. The van der Waals surface area contributed by atoms with Gasteiger partial charge in [0.05, 0.1) is 19.3 Å². The van der Waals surface area contributed by atoms with Gasteiger partial charge in [-0.3, -0.25) is 0 Å². The molecule has 1 spiro atoms. The molecule has 1 fully saturated rings. The van der Waals surface area contributed by atoms with E-state index in [1.165, 1.54) is 5.56 Å². The highest BCUT2D eigenvalue weighted by molar-refractivity contribution is 5.43. The summed E-state index contributed by atoms with van der Waals surface area (Å²) in [5.74, 6) is 1.49. The van der Waals surface area contributed by atoms with Gasteiger partial charge in [-0.2, -0.15) is 0 Å². The molecule has 0 saturated carbocycles. The maximum absolute atomic E-state index is 10.7. The first-order valence-electron chi connectivity index (χ1n) is 10.00. The molecule has 0 bridgehead atoms. The lowest BCUT2D eigenvalue weighted by Crippen LogP contribution is -2.51. The molecule has 5 nitrogen and oxygen atoms in total. The Labute approximate surface area is 166 Å².